The van der Waals surface area contributed by atoms with Crippen molar-refractivity contribution in [3.8, 4) is 23.1 Å². The summed E-state index contributed by atoms with van der Waals surface area (Å²) in [5.74, 6) is 0.954. The van der Waals surface area contributed by atoms with Gasteiger partial charge in [0.05, 0.1) is 28.2 Å². The highest BCUT2D eigenvalue weighted by molar-refractivity contribution is 6.32. The quantitative estimate of drug-likeness (QED) is 0.297. The third kappa shape index (κ3) is 4.36. The molecule has 37 heavy (non-hydrogen) atoms. The SMILES string of the molecule is CC1=Cc2ccc(C(=O)O)cc2Oc2ccc(OCc3c(C4CC4)cnn3-c3c(C)cccc3Cl)nc21. The summed E-state index contributed by atoms with van der Waals surface area (Å²) in [6.45, 7) is 4.25. The van der Waals surface area contributed by atoms with Crippen LogP contribution < -0.4 is 9.47 Å². The molecule has 1 aliphatic heterocycles. The molecule has 7 nitrogen and oxygen atoms in total. The Labute approximate surface area is 218 Å². The lowest BCUT2D eigenvalue weighted by atomic mass is 10.1. The minimum Gasteiger partial charge on any atom is -0.478 e. The smallest absolute Gasteiger partial charge is 0.335 e. The molecule has 0 atom stereocenters. The van der Waals surface area contributed by atoms with E-state index in [9.17, 15) is 9.90 Å². The number of allylic oxidation sites excluding steroid dienone is 1. The van der Waals surface area contributed by atoms with Crippen molar-refractivity contribution in [1.82, 2.24) is 14.8 Å². The molecule has 0 amide bonds. The van der Waals surface area contributed by atoms with Crippen molar-refractivity contribution < 1.29 is 19.4 Å². The first-order chi connectivity index (χ1) is 17.9. The molecule has 6 rings (SSSR count). The molecule has 2 aliphatic rings. The van der Waals surface area contributed by atoms with Gasteiger partial charge in [-0.2, -0.15) is 5.10 Å². The standard InChI is InChI=1S/C29H24ClN3O4/c1-16-4-3-5-22(30)28(16)33-23(21(14-31-33)18-6-7-18)15-36-26-11-10-24-27(32-26)17(2)12-19-8-9-20(29(34)35)13-25(19)37-24/h3-5,8-14,18H,6-7,15H2,1-2H3,(H,34,35). The number of hydrogen-bond donors (Lipinski definition) is 1. The molecule has 4 aromatic rings. The van der Waals surface area contributed by atoms with E-state index in [-0.39, 0.29) is 12.2 Å². The summed E-state index contributed by atoms with van der Waals surface area (Å²) in [4.78, 5) is 16.1. The highest BCUT2D eigenvalue weighted by Gasteiger charge is 2.30. The van der Waals surface area contributed by atoms with Crippen molar-refractivity contribution in [3.63, 3.8) is 0 Å². The molecule has 3 heterocycles. The number of aromatic carboxylic acids is 1. The summed E-state index contributed by atoms with van der Waals surface area (Å²) in [7, 11) is 0. The lowest BCUT2D eigenvalue weighted by Crippen LogP contribution is -2.10. The normalized spacial score (nSPS) is 14.2. The summed E-state index contributed by atoms with van der Waals surface area (Å²) >= 11 is 6.57. The Morgan fingerprint density at radius 1 is 1.16 bits per heavy atom. The molecule has 1 saturated carbocycles. The van der Waals surface area contributed by atoms with Gasteiger partial charge in [-0.3, -0.25) is 0 Å². The lowest BCUT2D eigenvalue weighted by molar-refractivity contribution is 0.0696. The number of aromatic nitrogens is 3. The van der Waals surface area contributed by atoms with Gasteiger partial charge in [-0.05, 0) is 74.1 Å². The van der Waals surface area contributed by atoms with Crippen LogP contribution in [0.4, 0.5) is 0 Å². The van der Waals surface area contributed by atoms with Crippen LogP contribution in [-0.2, 0) is 6.61 Å². The van der Waals surface area contributed by atoms with Gasteiger partial charge in [-0.15, -0.1) is 0 Å². The van der Waals surface area contributed by atoms with E-state index in [4.69, 9.17) is 26.1 Å². The van der Waals surface area contributed by atoms with Crippen LogP contribution in [0.15, 0.2) is 54.7 Å². The van der Waals surface area contributed by atoms with Gasteiger partial charge in [0.2, 0.25) is 5.88 Å². The highest BCUT2D eigenvalue weighted by atomic mass is 35.5. The second-order valence-electron chi connectivity index (χ2n) is 9.41. The average molecular weight is 514 g/mol. The van der Waals surface area contributed by atoms with E-state index >= 15 is 0 Å². The van der Waals surface area contributed by atoms with Crippen molar-refractivity contribution in [1.29, 1.82) is 0 Å². The summed E-state index contributed by atoms with van der Waals surface area (Å²) in [5.41, 5.74) is 6.52. The topological polar surface area (TPSA) is 86.5 Å². The number of carboxylic acid groups (broad SMARTS) is 1. The molecule has 1 fully saturated rings. The fourth-order valence-electron chi connectivity index (χ4n) is 4.66. The summed E-state index contributed by atoms with van der Waals surface area (Å²) in [6, 6.07) is 14.2. The fraction of sp³-hybridized carbons (Fsp3) is 0.207. The molecule has 2 aromatic heterocycles. The molecule has 2 aromatic carbocycles. The number of fused-ring (bicyclic) bond motifs is 2. The van der Waals surface area contributed by atoms with Crippen molar-refractivity contribution in [2.75, 3.05) is 0 Å². The maximum Gasteiger partial charge on any atom is 0.335 e. The lowest BCUT2D eigenvalue weighted by Gasteiger charge is -2.15. The average Bonchev–Trinajstić information content (AvgIpc) is 3.65. The maximum absolute atomic E-state index is 11.4. The summed E-state index contributed by atoms with van der Waals surface area (Å²) in [5, 5.41) is 14.7. The van der Waals surface area contributed by atoms with Crippen molar-refractivity contribution >= 4 is 29.2 Å². The molecule has 1 aliphatic carbocycles. The molecule has 0 unspecified atom stereocenters. The predicted molar refractivity (Wildman–Crippen MR) is 141 cm³/mol. The monoisotopic (exact) mass is 513 g/mol. The Hall–Kier alpha value is -4.10. The minimum atomic E-state index is -1.00. The van der Waals surface area contributed by atoms with E-state index in [0.29, 0.717) is 34.0 Å². The first-order valence-electron chi connectivity index (χ1n) is 12.1. The number of rotatable bonds is 6. The van der Waals surface area contributed by atoms with E-state index < -0.39 is 5.97 Å². The van der Waals surface area contributed by atoms with Gasteiger partial charge in [0.1, 0.15) is 18.1 Å². The van der Waals surface area contributed by atoms with Crippen molar-refractivity contribution in [2.24, 2.45) is 0 Å². The first kappa shape index (κ1) is 23.3. The molecular formula is C29H24ClN3O4. The molecule has 0 saturated heterocycles. The zero-order valence-electron chi connectivity index (χ0n) is 20.4. The Balaban J connectivity index is 1.31. The third-order valence-corrected chi connectivity index (χ3v) is 7.04. The van der Waals surface area contributed by atoms with Gasteiger partial charge >= 0.3 is 5.97 Å². The number of benzene rings is 2. The van der Waals surface area contributed by atoms with Crippen molar-refractivity contribution in [2.45, 2.75) is 39.2 Å². The second-order valence-corrected chi connectivity index (χ2v) is 9.82. The molecule has 0 radical (unpaired) electrons. The second kappa shape index (κ2) is 9.09. The summed E-state index contributed by atoms with van der Waals surface area (Å²) < 4.78 is 14.2. The number of aryl methyl sites for hydroxylation is 1. The fourth-order valence-corrected chi connectivity index (χ4v) is 4.96. The number of carbonyl (C=O) groups is 1. The van der Waals surface area contributed by atoms with Crippen LogP contribution >= 0.6 is 11.6 Å². The van der Waals surface area contributed by atoms with Crippen LogP contribution in [0, 0.1) is 6.92 Å². The molecular weight excluding hydrogens is 490 g/mol. The van der Waals surface area contributed by atoms with Crippen LogP contribution in [0.5, 0.6) is 17.4 Å². The van der Waals surface area contributed by atoms with Crippen LogP contribution in [0.25, 0.3) is 17.3 Å². The highest BCUT2D eigenvalue weighted by Crippen LogP contribution is 2.43. The van der Waals surface area contributed by atoms with Gasteiger partial charge in [0, 0.05) is 17.2 Å². The van der Waals surface area contributed by atoms with Gasteiger partial charge < -0.3 is 14.6 Å². The molecule has 186 valence electrons. The number of halogens is 1. The van der Waals surface area contributed by atoms with Crippen LogP contribution in [0.3, 0.4) is 0 Å². The molecule has 0 bridgehead atoms. The van der Waals surface area contributed by atoms with E-state index in [2.05, 4.69) is 5.10 Å². The van der Waals surface area contributed by atoms with E-state index in [1.54, 1.807) is 24.3 Å². The molecule has 0 spiro atoms. The van der Waals surface area contributed by atoms with Crippen LogP contribution in [0.1, 0.15) is 64.1 Å². The number of carboxylic acids is 1. The Bertz CT molecular complexity index is 1570. The Kier molecular flexibility index (Phi) is 5.72. The van der Waals surface area contributed by atoms with Crippen molar-refractivity contribution in [3.05, 3.63) is 93.4 Å². The molecule has 1 N–H and O–H groups in total. The zero-order valence-corrected chi connectivity index (χ0v) is 21.1. The van der Waals surface area contributed by atoms with Gasteiger partial charge in [0.25, 0.3) is 0 Å². The number of para-hydroxylation sites is 1. The van der Waals surface area contributed by atoms with Crippen LogP contribution in [0.2, 0.25) is 5.02 Å². The largest absolute Gasteiger partial charge is 0.478 e. The van der Waals surface area contributed by atoms with E-state index in [0.717, 1.165) is 40.9 Å². The minimum absolute atomic E-state index is 0.165. The molecule has 8 heteroatoms. The zero-order chi connectivity index (χ0) is 25.7. The number of hydrogen-bond acceptors (Lipinski definition) is 5. The van der Waals surface area contributed by atoms with Gasteiger partial charge in [-0.1, -0.05) is 29.8 Å². The first-order valence-corrected chi connectivity index (χ1v) is 12.5. The number of nitrogens with zero attached hydrogens (tertiary/aromatic N) is 3. The number of ether oxygens (including phenoxy) is 2. The summed E-state index contributed by atoms with van der Waals surface area (Å²) in [6.07, 6.45) is 6.14. The van der Waals surface area contributed by atoms with Gasteiger partial charge in [-0.25, -0.2) is 14.5 Å². The predicted octanol–water partition coefficient (Wildman–Crippen LogP) is 7.05. The maximum atomic E-state index is 11.4. The Morgan fingerprint density at radius 3 is 2.76 bits per heavy atom. The van der Waals surface area contributed by atoms with E-state index in [1.807, 2.05) is 49.0 Å². The third-order valence-electron chi connectivity index (χ3n) is 6.73. The number of pyridine rings is 1. The van der Waals surface area contributed by atoms with E-state index in [1.165, 1.54) is 11.6 Å². The Morgan fingerprint density at radius 2 is 2.00 bits per heavy atom. The van der Waals surface area contributed by atoms with Gasteiger partial charge in [0.15, 0.2) is 5.75 Å². The van der Waals surface area contributed by atoms with Crippen LogP contribution in [-0.4, -0.2) is 25.8 Å².